The summed E-state index contributed by atoms with van der Waals surface area (Å²) in [7, 11) is 1.77. The number of amides is 1. The molecule has 0 fully saturated rings. The molecule has 20 heavy (non-hydrogen) atoms. The molecular formula is C13H17N5O2. The number of nitrogens with one attached hydrogen (secondary N) is 2. The van der Waals surface area contributed by atoms with Crippen LogP contribution >= 0.6 is 0 Å². The minimum Gasteiger partial charge on any atom is -0.373 e. The van der Waals surface area contributed by atoms with E-state index in [0.29, 0.717) is 17.2 Å². The van der Waals surface area contributed by atoms with Gasteiger partial charge in [0.25, 0.3) is 5.91 Å². The standard InChI is InChI=1S/C13H17N5O2/c1-8(2)10-4-9(5-11(14-3)17-10)13(19)15-6-12-16-7-20-18-12/h4-5,7-8H,6H2,1-3H3,(H,14,17)(H,15,19). The van der Waals surface area contributed by atoms with Crippen LogP contribution in [0.2, 0.25) is 0 Å². The quantitative estimate of drug-likeness (QED) is 0.860. The normalized spacial score (nSPS) is 10.6. The Bertz CT molecular complexity index is 580. The molecule has 0 aliphatic heterocycles. The average molecular weight is 275 g/mol. The van der Waals surface area contributed by atoms with Crippen LogP contribution in [0.15, 0.2) is 23.0 Å². The minimum atomic E-state index is -0.199. The second-order valence-electron chi connectivity index (χ2n) is 4.60. The maximum absolute atomic E-state index is 12.1. The Kier molecular flexibility index (Phi) is 4.29. The number of hydrogen-bond acceptors (Lipinski definition) is 6. The van der Waals surface area contributed by atoms with Crippen molar-refractivity contribution in [1.82, 2.24) is 20.4 Å². The zero-order valence-corrected chi connectivity index (χ0v) is 11.7. The Labute approximate surface area is 116 Å². The number of carbonyl (C=O) groups is 1. The van der Waals surface area contributed by atoms with E-state index in [2.05, 4.69) is 30.3 Å². The topological polar surface area (TPSA) is 92.9 Å². The lowest BCUT2D eigenvalue weighted by molar-refractivity contribution is 0.0949. The van der Waals surface area contributed by atoms with Gasteiger partial charge in [0.05, 0.1) is 6.54 Å². The molecule has 0 aliphatic carbocycles. The summed E-state index contributed by atoms with van der Waals surface area (Å²) in [5.41, 5.74) is 1.41. The lowest BCUT2D eigenvalue weighted by Gasteiger charge is -2.10. The first-order valence-corrected chi connectivity index (χ1v) is 6.33. The zero-order chi connectivity index (χ0) is 14.5. The SMILES string of the molecule is CNc1cc(C(=O)NCc2ncon2)cc(C(C)C)n1. The van der Waals surface area contributed by atoms with Gasteiger partial charge in [-0.25, -0.2) is 4.98 Å². The number of hydrogen-bond donors (Lipinski definition) is 2. The van der Waals surface area contributed by atoms with Gasteiger partial charge in [-0.3, -0.25) is 4.79 Å². The van der Waals surface area contributed by atoms with Crippen LogP contribution in [0.4, 0.5) is 5.82 Å². The number of nitrogens with zero attached hydrogens (tertiary/aromatic N) is 3. The predicted octanol–water partition coefficient (Wildman–Crippen LogP) is 1.56. The van der Waals surface area contributed by atoms with Crippen LogP contribution in [-0.4, -0.2) is 28.1 Å². The van der Waals surface area contributed by atoms with Crippen molar-refractivity contribution in [2.24, 2.45) is 0 Å². The fourth-order valence-electron chi connectivity index (χ4n) is 1.64. The molecule has 0 saturated carbocycles. The van der Waals surface area contributed by atoms with E-state index in [1.54, 1.807) is 19.2 Å². The second kappa shape index (κ2) is 6.14. The van der Waals surface area contributed by atoms with Crippen LogP contribution in [0.5, 0.6) is 0 Å². The molecule has 106 valence electrons. The van der Waals surface area contributed by atoms with Crippen LogP contribution in [0.25, 0.3) is 0 Å². The molecule has 1 amide bonds. The molecule has 2 heterocycles. The van der Waals surface area contributed by atoms with Gasteiger partial charge in [-0.2, -0.15) is 4.98 Å². The molecular weight excluding hydrogens is 258 g/mol. The number of anilines is 1. The summed E-state index contributed by atoms with van der Waals surface area (Å²) in [6.45, 7) is 4.29. The van der Waals surface area contributed by atoms with Crippen molar-refractivity contribution >= 4 is 11.7 Å². The average Bonchev–Trinajstić information content (AvgIpc) is 2.97. The molecule has 0 aliphatic rings. The van der Waals surface area contributed by atoms with Crippen molar-refractivity contribution in [3.05, 3.63) is 35.6 Å². The van der Waals surface area contributed by atoms with E-state index >= 15 is 0 Å². The Balaban J connectivity index is 2.14. The van der Waals surface area contributed by atoms with Gasteiger partial charge in [0.1, 0.15) is 5.82 Å². The van der Waals surface area contributed by atoms with Crippen molar-refractivity contribution in [2.75, 3.05) is 12.4 Å². The maximum Gasteiger partial charge on any atom is 0.251 e. The van der Waals surface area contributed by atoms with Gasteiger partial charge >= 0.3 is 0 Å². The van der Waals surface area contributed by atoms with Crippen LogP contribution in [0, 0.1) is 0 Å². The third-order valence-corrected chi connectivity index (χ3v) is 2.77. The summed E-state index contributed by atoms with van der Waals surface area (Å²) >= 11 is 0. The fourth-order valence-corrected chi connectivity index (χ4v) is 1.64. The van der Waals surface area contributed by atoms with E-state index in [9.17, 15) is 4.79 Å². The summed E-state index contributed by atoms with van der Waals surface area (Å²) < 4.78 is 4.61. The maximum atomic E-state index is 12.1. The highest BCUT2D eigenvalue weighted by Crippen LogP contribution is 2.17. The van der Waals surface area contributed by atoms with Gasteiger partial charge in [0, 0.05) is 18.3 Å². The molecule has 2 aromatic heterocycles. The van der Waals surface area contributed by atoms with Gasteiger partial charge in [-0.1, -0.05) is 19.0 Å². The molecule has 0 radical (unpaired) electrons. The second-order valence-corrected chi connectivity index (χ2v) is 4.60. The third-order valence-electron chi connectivity index (χ3n) is 2.77. The first kappa shape index (κ1) is 14.0. The smallest absolute Gasteiger partial charge is 0.251 e. The van der Waals surface area contributed by atoms with Crippen LogP contribution in [0.1, 0.15) is 41.6 Å². The first-order chi connectivity index (χ1) is 9.60. The molecule has 0 bridgehead atoms. The highest BCUT2D eigenvalue weighted by molar-refractivity contribution is 5.94. The molecule has 0 atom stereocenters. The largest absolute Gasteiger partial charge is 0.373 e. The van der Waals surface area contributed by atoms with E-state index in [-0.39, 0.29) is 18.4 Å². The minimum absolute atomic E-state index is 0.199. The van der Waals surface area contributed by atoms with Crippen molar-refractivity contribution in [3.63, 3.8) is 0 Å². The molecule has 2 aromatic rings. The summed E-state index contributed by atoms with van der Waals surface area (Å²) in [5.74, 6) is 1.15. The molecule has 0 unspecified atom stereocenters. The van der Waals surface area contributed by atoms with E-state index in [4.69, 9.17) is 0 Å². The molecule has 0 spiro atoms. The monoisotopic (exact) mass is 275 g/mol. The number of rotatable bonds is 5. The van der Waals surface area contributed by atoms with Gasteiger partial charge < -0.3 is 15.2 Å². The Morgan fingerprint density at radius 1 is 1.40 bits per heavy atom. The molecule has 2 rings (SSSR count). The first-order valence-electron chi connectivity index (χ1n) is 6.33. The third kappa shape index (κ3) is 3.31. The number of carbonyl (C=O) groups excluding carboxylic acids is 1. The summed E-state index contributed by atoms with van der Waals surface area (Å²) in [6.07, 6.45) is 1.23. The van der Waals surface area contributed by atoms with Crippen LogP contribution in [-0.2, 0) is 6.54 Å². The lowest BCUT2D eigenvalue weighted by atomic mass is 10.1. The van der Waals surface area contributed by atoms with Crippen LogP contribution in [0.3, 0.4) is 0 Å². The fraction of sp³-hybridized carbons (Fsp3) is 0.385. The lowest BCUT2D eigenvalue weighted by Crippen LogP contribution is -2.24. The Morgan fingerprint density at radius 2 is 2.20 bits per heavy atom. The predicted molar refractivity (Wildman–Crippen MR) is 73.3 cm³/mol. The van der Waals surface area contributed by atoms with Crippen molar-refractivity contribution < 1.29 is 9.32 Å². The Hall–Kier alpha value is -2.44. The number of pyridine rings is 1. The summed E-state index contributed by atoms with van der Waals surface area (Å²) in [5, 5.41) is 9.33. The molecule has 7 nitrogen and oxygen atoms in total. The van der Waals surface area contributed by atoms with E-state index < -0.39 is 0 Å². The van der Waals surface area contributed by atoms with Gasteiger partial charge in [-0.05, 0) is 18.1 Å². The van der Waals surface area contributed by atoms with E-state index in [1.165, 1.54) is 6.39 Å². The van der Waals surface area contributed by atoms with Gasteiger partial charge in [0.2, 0.25) is 6.39 Å². The summed E-state index contributed by atoms with van der Waals surface area (Å²) in [4.78, 5) is 20.4. The van der Waals surface area contributed by atoms with Crippen LogP contribution < -0.4 is 10.6 Å². The molecule has 0 saturated heterocycles. The number of aromatic nitrogens is 3. The molecule has 0 aromatic carbocycles. The van der Waals surface area contributed by atoms with Gasteiger partial charge in [-0.15, -0.1) is 0 Å². The van der Waals surface area contributed by atoms with Gasteiger partial charge in [0.15, 0.2) is 5.82 Å². The summed E-state index contributed by atoms with van der Waals surface area (Å²) in [6, 6.07) is 3.49. The highest BCUT2D eigenvalue weighted by Gasteiger charge is 2.12. The Morgan fingerprint density at radius 3 is 2.80 bits per heavy atom. The zero-order valence-electron chi connectivity index (χ0n) is 11.7. The molecule has 2 N–H and O–H groups in total. The highest BCUT2D eigenvalue weighted by atomic mass is 16.5. The van der Waals surface area contributed by atoms with E-state index in [1.807, 2.05) is 13.8 Å². The van der Waals surface area contributed by atoms with Crippen molar-refractivity contribution in [1.29, 1.82) is 0 Å². The van der Waals surface area contributed by atoms with Crippen molar-refractivity contribution in [2.45, 2.75) is 26.3 Å². The molecule has 7 heteroatoms. The van der Waals surface area contributed by atoms with Crippen molar-refractivity contribution in [3.8, 4) is 0 Å². The van der Waals surface area contributed by atoms with E-state index in [0.717, 1.165) is 5.69 Å².